The van der Waals surface area contributed by atoms with Gasteiger partial charge in [0.1, 0.15) is 11.4 Å². The van der Waals surface area contributed by atoms with E-state index in [0.29, 0.717) is 28.3 Å². The molecule has 0 aliphatic heterocycles. The van der Waals surface area contributed by atoms with Crippen LogP contribution in [0.3, 0.4) is 0 Å². The zero-order valence-electron chi connectivity index (χ0n) is 14.6. The highest BCUT2D eigenvalue weighted by Crippen LogP contribution is 2.19. The van der Waals surface area contributed by atoms with Gasteiger partial charge in [-0.05, 0) is 38.5 Å². The van der Waals surface area contributed by atoms with Crippen LogP contribution in [0.25, 0.3) is 0 Å². The molecule has 1 aromatic heterocycles. The van der Waals surface area contributed by atoms with Crippen LogP contribution < -0.4 is 10.1 Å². The van der Waals surface area contributed by atoms with Gasteiger partial charge in [-0.15, -0.1) is 0 Å². The molecule has 1 heterocycles. The van der Waals surface area contributed by atoms with E-state index in [1.165, 1.54) is 14.0 Å². The summed E-state index contributed by atoms with van der Waals surface area (Å²) in [7, 11) is 1.53. The molecule has 0 atom stereocenters. The lowest BCUT2D eigenvalue weighted by atomic mass is 10.1. The summed E-state index contributed by atoms with van der Waals surface area (Å²) in [5.41, 5.74) is 2.29. The number of hydrogen-bond acceptors (Lipinski definition) is 5. The van der Waals surface area contributed by atoms with Gasteiger partial charge in [-0.25, -0.2) is 4.79 Å². The minimum atomic E-state index is -0.686. The Morgan fingerprint density at radius 1 is 1.20 bits per heavy atom. The quantitative estimate of drug-likeness (QED) is 0.620. The minimum Gasteiger partial charge on any atom is -0.497 e. The average Bonchev–Trinajstić information content (AvgIpc) is 2.87. The maximum absolute atomic E-state index is 12.1. The number of benzene rings is 1. The number of H-pyrrole nitrogens is 1. The van der Waals surface area contributed by atoms with Crippen molar-refractivity contribution in [3.63, 3.8) is 0 Å². The SMILES string of the molecule is COc1cccc(NC(=O)COC(=O)c2[nH]c(C)c(C(C)=O)c2C)c1. The molecule has 2 aromatic rings. The Morgan fingerprint density at radius 3 is 2.52 bits per heavy atom. The van der Waals surface area contributed by atoms with Gasteiger partial charge < -0.3 is 19.8 Å². The molecular weight excluding hydrogens is 324 g/mol. The molecule has 0 aliphatic carbocycles. The van der Waals surface area contributed by atoms with Gasteiger partial charge in [0.15, 0.2) is 12.4 Å². The third kappa shape index (κ3) is 4.26. The van der Waals surface area contributed by atoms with E-state index in [4.69, 9.17) is 9.47 Å². The zero-order chi connectivity index (χ0) is 18.6. The summed E-state index contributed by atoms with van der Waals surface area (Å²) in [6.45, 7) is 4.35. The van der Waals surface area contributed by atoms with Gasteiger partial charge in [0.25, 0.3) is 5.91 Å². The fourth-order valence-electron chi connectivity index (χ4n) is 2.58. The highest BCUT2D eigenvalue weighted by molar-refractivity contribution is 6.01. The topological polar surface area (TPSA) is 97.5 Å². The van der Waals surface area contributed by atoms with E-state index in [1.54, 1.807) is 38.1 Å². The number of ether oxygens (including phenoxy) is 2. The predicted molar refractivity (Wildman–Crippen MR) is 92.2 cm³/mol. The molecule has 0 unspecified atom stereocenters. The van der Waals surface area contributed by atoms with Crippen LogP contribution in [0.5, 0.6) is 5.75 Å². The van der Waals surface area contributed by atoms with Gasteiger partial charge >= 0.3 is 5.97 Å². The number of Topliss-reactive ketones (excluding diaryl/α,β-unsaturated/α-hetero) is 1. The molecule has 132 valence electrons. The first-order valence-electron chi connectivity index (χ1n) is 7.64. The van der Waals surface area contributed by atoms with Crippen molar-refractivity contribution in [2.24, 2.45) is 0 Å². The van der Waals surface area contributed by atoms with E-state index >= 15 is 0 Å². The number of methoxy groups -OCH3 is 1. The fraction of sp³-hybridized carbons (Fsp3) is 0.278. The van der Waals surface area contributed by atoms with E-state index in [9.17, 15) is 14.4 Å². The number of aryl methyl sites for hydroxylation is 1. The van der Waals surface area contributed by atoms with Gasteiger partial charge in [0, 0.05) is 23.0 Å². The number of carbonyl (C=O) groups excluding carboxylic acids is 3. The number of aromatic amines is 1. The third-order valence-electron chi connectivity index (χ3n) is 3.68. The number of aromatic nitrogens is 1. The number of ketones is 1. The Bertz CT molecular complexity index is 823. The summed E-state index contributed by atoms with van der Waals surface area (Å²) in [4.78, 5) is 38.5. The van der Waals surface area contributed by atoms with Crippen LogP contribution in [-0.2, 0) is 9.53 Å². The molecule has 0 radical (unpaired) electrons. The summed E-state index contributed by atoms with van der Waals surface area (Å²) in [5.74, 6) is -0.701. The summed E-state index contributed by atoms with van der Waals surface area (Å²) in [5, 5.41) is 2.61. The Hall–Kier alpha value is -3.09. The van der Waals surface area contributed by atoms with Crippen LogP contribution in [0, 0.1) is 13.8 Å². The van der Waals surface area contributed by atoms with Gasteiger partial charge in [0.05, 0.1) is 7.11 Å². The molecule has 1 aromatic carbocycles. The standard InChI is InChI=1S/C18H20N2O5/c1-10-16(12(3)21)11(2)19-17(10)18(23)25-9-15(22)20-13-6-5-7-14(8-13)24-4/h5-8,19H,9H2,1-4H3,(H,20,22). The first kappa shape index (κ1) is 18.3. The van der Waals surface area contributed by atoms with Crippen LogP contribution in [-0.4, -0.2) is 36.4 Å². The number of esters is 1. The molecule has 7 heteroatoms. The third-order valence-corrected chi connectivity index (χ3v) is 3.68. The molecule has 0 spiro atoms. The van der Waals surface area contributed by atoms with Crippen molar-refractivity contribution in [3.8, 4) is 5.75 Å². The predicted octanol–water partition coefficient (Wildman–Crippen LogP) is 2.64. The lowest BCUT2D eigenvalue weighted by molar-refractivity contribution is -0.119. The lowest BCUT2D eigenvalue weighted by Crippen LogP contribution is -2.21. The smallest absolute Gasteiger partial charge is 0.355 e. The van der Waals surface area contributed by atoms with Gasteiger partial charge in [-0.1, -0.05) is 6.07 Å². The molecule has 2 rings (SSSR count). The van der Waals surface area contributed by atoms with E-state index in [-0.39, 0.29) is 11.5 Å². The Labute approximate surface area is 145 Å². The van der Waals surface area contributed by atoms with Gasteiger partial charge in [0.2, 0.25) is 0 Å². The summed E-state index contributed by atoms with van der Waals surface area (Å²) in [6.07, 6.45) is 0. The van der Waals surface area contributed by atoms with Crippen molar-refractivity contribution in [3.05, 3.63) is 46.8 Å². The van der Waals surface area contributed by atoms with Crippen molar-refractivity contribution >= 4 is 23.3 Å². The van der Waals surface area contributed by atoms with Crippen LogP contribution in [0.2, 0.25) is 0 Å². The second kappa shape index (κ2) is 7.65. The molecule has 0 fully saturated rings. The first-order valence-corrected chi connectivity index (χ1v) is 7.64. The van der Waals surface area contributed by atoms with Crippen molar-refractivity contribution in [2.75, 3.05) is 19.0 Å². The molecule has 0 bridgehead atoms. The highest BCUT2D eigenvalue weighted by Gasteiger charge is 2.21. The minimum absolute atomic E-state index is 0.138. The zero-order valence-corrected chi connectivity index (χ0v) is 14.6. The number of nitrogens with one attached hydrogen (secondary N) is 2. The number of carbonyl (C=O) groups is 3. The first-order chi connectivity index (χ1) is 11.8. The molecule has 0 saturated carbocycles. The molecule has 2 N–H and O–H groups in total. The van der Waals surface area contributed by atoms with Crippen molar-refractivity contribution in [2.45, 2.75) is 20.8 Å². The van der Waals surface area contributed by atoms with Crippen LogP contribution in [0.1, 0.15) is 39.0 Å². The van der Waals surface area contributed by atoms with Crippen molar-refractivity contribution < 1.29 is 23.9 Å². The van der Waals surface area contributed by atoms with Gasteiger partial charge in [-0.2, -0.15) is 0 Å². The van der Waals surface area contributed by atoms with Crippen LogP contribution >= 0.6 is 0 Å². The number of amides is 1. The summed E-state index contributed by atoms with van der Waals surface area (Å²) < 4.78 is 10.1. The molecule has 0 saturated heterocycles. The second-order valence-corrected chi connectivity index (χ2v) is 5.54. The average molecular weight is 344 g/mol. The van der Waals surface area contributed by atoms with E-state index < -0.39 is 18.5 Å². The second-order valence-electron chi connectivity index (χ2n) is 5.54. The Balaban J connectivity index is 1.99. The van der Waals surface area contributed by atoms with E-state index in [1.807, 2.05) is 0 Å². The Kier molecular flexibility index (Phi) is 5.59. The van der Waals surface area contributed by atoms with Crippen molar-refractivity contribution in [1.29, 1.82) is 0 Å². The van der Waals surface area contributed by atoms with Crippen LogP contribution in [0.4, 0.5) is 5.69 Å². The molecule has 7 nitrogen and oxygen atoms in total. The van der Waals surface area contributed by atoms with Crippen molar-refractivity contribution in [1.82, 2.24) is 4.98 Å². The summed E-state index contributed by atoms with van der Waals surface area (Å²) >= 11 is 0. The van der Waals surface area contributed by atoms with E-state index in [2.05, 4.69) is 10.3 Å². The summed E-state index contributed by atoms with van der Waals surface area (Å²) in [6, 6.07) is 6.82. The number of anilines is 1. The molecule has 0 aliphatic rings. The number of hydrogen-bond donors (Lipinski definition) is 2. The lowest BCUT2D eigenvalue weighted by Gasteiger charge is -2.08. The maximum Gasteiger partial charge on any atom is 0.355 e. The molecule has 25 heavy (non-hydrogen) atoms. The maximum atomic E-state index is 12.1. The monoisotopic (exact) mass is 344 g/mol. The van der Waals surface area contributed by atoms with Gasteiger partial charge in [-0.3, -0.25) is 9.59 Å². The Morgan fingerprint density at radius 2 is 1.92 bits per heavy atom. The van der Waals surface area contributed by atoms with Crippen LogP contribution in [0.15, 0.2) is 24.3 Å². The number of rotatable bonds is 6. The fourth-order valence-corrected chi connectivity index (χ4v) is 2.58. The largest absolute Gasteiger partial charge is 0.497 e. The highest BCUT2D eigenvalue weighted by atomic mass is 16.5. The normalized spacial score (nSPS) is 10.2. The molecule has 1 amide bonds. The van der Waals surface area contributed by atoms with E-state index in [0.717, 1.165) is 0 Å². The molecular formula is C18H20N2O5.